The van der Waals surface area contributed by atoms with Crippen molar-refractivity contribution in [2.24, 2.45) is 0 Å². The van der Waals surface area contributed by atoms with Crippen molar-refractivity contribution in [3.05, 3.63) is 219 Å². The van der Waals surface area contributed by atoms with E-state index in [2.05, 4.69) is 228 Å². The predicted octanol–water partition coefficient (Wildman–Crippen LogP) is 24.4. The number of aliphatic hydroxyl groups is 1. The van der Waals surface area contributed by atoms with E-state index in [-0.39, 0.29) is 25.7 Å². The molecule has 5 atom stereocenters. The minimum atomic E-state index is -5.02. The van der Waals surface area contributed by atoms with Crippen molar-refractivity contribution >= 4 is 39.5 Å². The van der Waals surface area contributed by atoms with Crippen molar-refractivity contribution in [3.8, 4) is 0 Å². The van der Waals surface area contributed by atoms with Crippen LogP contribution in [-0.2, 0) is 65.4 Å². The van der Waals surface area contributed by atoms with Crippen LogP contribution >= 0.6 is 15.6 Å². The van der Waals surface area contributed by atoms with Gasteiger partial charge in [-0.3, -0.25) is 37.3 Å². The minimum Gasteiger partial charge on any atom is -0.462 e. The number of carbonyl (C=O) groups excluding carboxylic acids is 4. The van der Waals surface area contributed by atoms with Crippen LogP contribution in [0.4, 0.5) is 0 Å². The van der Waals surface area contributed by atoms with Gasteiger partial charge in [-0.25, -0.2) is 9.13 Å². The van der Waals surface area contributed by atoms with Crippen molar-refractivity contribution in [3.63, 3.8) is 0 Å². The number of allylic oxidation sites excluding steroid dienone is 36. The second kappa shape index (κ2) is 80.4. The molecule has 0 aliphatic rings. The number of ether oxygens (including phenoxy) is 4. The molecule has 0 saturated heterocycles. The van der Waals surface area contributed by atoms with Gasteiger partial charge < -0.3 is 33.8 Å². The molecule has 618 valence electrons. The summed E-state index contributed by atoms with van der Waals surface area (Å²) in [6, 6.07) is 0. The maximum absolute atomic E-state index is 13.1. The first-order valence-corrected chi connectivity index (χ1v) is 44.0. The molecule has 19 heteroatoms. The Morgan fingerprint density at radius 3 is 0.755 bits per heavy atom. The summed E-state index contributed by atoms with van der Waals surface area (Å²) in [7, 11) is -10.0. The summed E-state index contributed by atoms with van der Waals surface area (Å²) >= 11 is 0. The zero-order valence-electron chi connectivity index (χ0n) is 67.6. The van der Waals surface area contributed by atoms with Gasteiger partial charge in [-0.2, -0.15) is 0 Å². The lowest BCUT2D eigenvalue weighted by Gasteiger charge is -2.21. The predicted molar refractivity (Wildman–Crippen MR) is 454 cm³/mol. The molecule has 0 fully saturated rings. The molecule has 0 amide bonds. The fourth-order valence-corrected chi connectivity index (χ4v) is 11.4. The zero-order valence-corrected chi connectivity index (χ0v) is 69.4. The topological polar surface area (TPSA) is 237 Å². The Kier molecular flexibility index (Phi) is 75.6. The molecule has 5 unspecified atom stereocenters. The number of phosphoric ester groups is 2. The van der Waals surface area contributed by atoms with E-state index < -0.39 is 97.5 Å². The van der Waals surface area contributed by atoms with Gasteiger partial charge in [-0.1, -0.05) is 285 Å². The summed E-state index contributed by atoms with van der Waals surface area (Å²) in [5.74, 6) is -2.39. The van der Waals surface area contributed by atoms with Gasteiger partial charge in [0.1, 0.15) is 19.3 Å². The van der Waals surface area contributed by atoms with E-state index >= 15 is 0 Å². The van der Waals surface area contributed by atoms with Crippen LogP contribution in [0.25, 0.3) is 0 Å². The molecule has 0 aromatic rings. The van der Waals surface area contributed by atoms with Gasteiger partial charge in [-0.15, -0.1) is 0 Å². The summed E-state index contributed by atoms with van der Waals surface area (Å²) < 4.78 is 68.6. The van der Waals surface area contributed by atoms with E-state index in [4.69, 9.17) is 37.0 Å². The minimum absolute atomic E-state index is 0.0200. The van der Waals surface area contributed by atoms with Crippen LogP contribution in [0.15, 0.2) is 219 Å². The van der Waals surface area contributed by atoms with Crippen LogP contribution in [-0.4, -0.2) is 96.7 Å². The van der Waals surface area contributed by atoms with E-state index in [0.29, 0.717) is 38.5 Å². The Morgan fingerprint density at radius 2 is 0.464 bits per heavy atom. The molecule has 0 aromatic heterocycles. The van der Waals surface area contributed by atoms with E-state index in [0.717, 1.165) is 180 Å². The Morgan fingerprint density at radius 1 is 0.255 bits per heavy atom. The fourth-order valence-electron chi connectivity index (χ4n) is 9.86. The highest BCUT2D eigenvalue weighted by Gasteiger charge is 2.30. The SMILES string of the molecule is CC/C=C\C/C=C\C/C=C\C/C=C\C/C=C\C/C=C\CCC(=O)OCC(COP(=O)(O)OCC(O)COP(=O)(O)OCC(COC(=O)CCCCCCCC/C=C\C/C=C\C/C=C\C/C=C\CC)OC(=O)CCCC/C=C\C/C=C\C/C=C\C/C=C\CC)OC(=O)CCCCCC/C=C\C/C=C\C/C=C\C/C=C\CC. The molecule has 17 nitrogen and oxygen atoms in total. The number of hydrogen-bond acceptors (Lipinski definition) is 15. The third-order valence-electron chi connectivity index (χ3n) is 15.9. The van der Waals surface area contributed by atoms with Gasteiger partial charge in [0, 0.05) is 25.7 Å². The van der Waals surface area contributed by atoms with Gasteiger partial charge in [-0.05, 0) is 180 Å². The van der Waals surface area contributed by atoms with Crippen LogP contribution in [0, 0.1) is 0 Å². The molecule has 0 aromatic carbocycles. The maximum atomic E-state index is 13.1. The zero-order chi connectivity index (χ0) is 80.3. The van der Waals surface area contributed by atoms with Crippen molar-refractivity contribution in [2.45, 2.75) is 290 Å². The van der Waals surface area contributed by atoms with Gasteiger partial charge >= 0.3 is 39.5 Å². The largest absolute Gasteiger partial charge is 0.472 e. The summed E-state index contributed by atoms with van der Waals surface area (Å²) in [6.45, 7) is 4.21. The average molecular weight is 1570 g/mol. The average Bonchev–Trinajstić information content (AvgIpc) is 0.906. The monoisotopic (exact) mass is 1570 g/mol. The summed E-state index contributed by atoms with van der Waals surface area (Å²) in [5, 5.41) is 10.7. The molecule has 0 bridgehead atoms. The van der Waals surface area contributed by atoms with Gasteiger partial charge in [0.2, 0.25) is 0 Å². The third-order valence-corrected chi connectivity index (χ3v) is 17.8. The molecule has 0 aliphatic carbocycles. The highest BCUT2D eigenvalue weighted by molar-refractivity contribution is 7.47. The van der Waals surface area contributed by atoms with Crippen LogP contribution in [0.5, 0.6) is 0 Å². The Labute approximate surface area is 664 Å². The number of phosphoric acid groups is 2. The molecule has 0 saturated carbocycles. The fraction of sp³-hybridized carbons (Fsp3) is 0.560. The van der Waals surface area contributed by atoms with Gasteiger partial charge in [0.15, 0.2) is 12.2 Å². The number of unbranched alkanes of at least 4 members (excludes halogenated alkanes) is 12. The Balaban J connectivity index is 5.53. The van der Waals surface area contributed by atoms with E-state index in [1.54, 1.807) is 0 Å². The molecular weight excluding hydrogens is 1430 g/mol. The van der Waals surface area contributed by atoms with Crippen molar-refractivity contribution < 1.29 is 80.2 Å². The lowest BCUT2D eigenvalue weighted by atomic mass is 10.1. The number of aliphatic hydroxyl groups excluding tert-OH is 1. The molecule has 0 rings (SSSR count). The summed E-state index contributed by atoms with van der Waals surface area (Å²) in [5.41, 5.74) is 0. The maximum Gasteiger partial charge on any atom is 0.472 e. The second-order valence-corrected chi connectivity index (χ2v) is 29.1. The quantitative estimate of drug-likeness (QED) is 0.0169. The summed E-state index contributed by atoms with van der Waals surface area (Å²) in [4.78, 5) is 73.1. The standard InChI is InChI=1S/C91H142O17P2/c1-5-9-13-17-21-25-29-33-37-40-42-45-48-51-55-59-63-67-71-75-88(93)101-81-86(107-90(95)77-73-69-65-61-57-53-47-36-32-28-24-20-16-12-8-4)83-105-109(97,98)103-79-85(92)80-104-110(99,100)106-84-87(108-91(96)78-74-70-66-62-58-54-50-44-39-35-31-27-23-19-15-11-7-3)82-102-89(94)76-72-68-64-60-56-52-49-46-43-41-38-34-30-26-22-18-14-10-6-2/h9-16,21-28,33-39,42-43,45-47,50,52,54,56-57,61,64,68,85-87,92H,5-8,17-20,29-32,40-41,44,48-49,51,53,55,58-60,62-63,65-67,69-84H2,1-4H3,(H,97,98)(H,99,100)/b13-9-,14-10-,15-11-,16-12-,25-21-,26-22-,27-23-,28-24-,37-33-,38-34-,39-35-,45-42-,46-43-,47-36-,54-50-,56-52-,61-57-,68-64-. The Hall–Kier alpha value is -6.62. The van der Waals surface area contributed by atoms with Crippen molar-refractivity contribution in [1.82, 2.24) is 0 Å². The first-order chi connectivity index (χ1) is 53.7. The summed E-state index contributed by atoms with van der Waals surface area (Å²) in [6.07, 6.45) is 102. The normalized spacial score (nSPS) is 14.9. The smallest absolute Gasteiger partial charge is 0.462 e. The van der Waals surface area contributed by atoms with E-state index in [1.807, 2.05) is 18.2 Å². The van der Waals surface area contributed by atoms with Crippen LogP contribution < -0.4 is 0 Å². The van der Waals surface area contributed by atoms with Gasteiger partial charge in [0.05, 0.1) is 26.4 Å². The molecule has 3 N–H and O–H groups in total. The number of hydrogen-bond donors (Lipinski definition) is 3. The highest BCUT2D eigenvalue weighted by atomic mass is 31.2. The third kappa shape index (κ3) is 79.5. The van der Waals surface area contributed by atoms with Gasteiger partial charge in [0.25, 0.3) is 0 Å². The van der Waals surface area contributed by atoms with Crippen LogP contribution in [0.1, 0.15) is 272 Å². The van der Waals surface area contributed by atoms with E-state index in [1.165, 1.54) is 0 Å². The molecule has 0 heterocycles. The lowest BCUT2D eigenvalue weighted by Crippen LogP contribution is -2.30. The second-order valence-electron chi connectivity index (χ2n) is 26.2. The molecule has 0 aliphatic heterocycles. The van der Waals surface area contributed by atoms with E-state index in [9.17, 15) is 43.2 Å². The van der Waals surface area contributed by atoms with Crippen LogP contribution in [0.2, 0.25) is 0 Å². The Bertz CT molecular complexity index is 2950. The first kappa shape index (κ1) is 103. The number of esters is 4. The van der Waals surface area contributed by atoms with Crippen molar-refractivity contribution in [2.75, 3.05) is 39.6 Å². The lowest BCUT2D eigenvalue weighted by molar-refractivity contribution is -0.161. The van der Waals surface area contributed by atoms with Crippen molar-refractivity contribution in [1.29, 1.82) is 0 Å². The highest BCUT2D eigenvalue weighted by Crippen LogP contribution is 2.45. The molecular formula is C91H142O17P2. The molecule has 0 radical (unpaired) electrons. The molecule has 0 spiro atoms. The number of carbonyl (C=O) groups is 4. The van der Waals surface area contributed by atoms with Crippen LogP contribution in [0.3, 0.4) is 0 Å². The number of rotatable bonds is 74. The molecule has 110 heavy (non-hydrogen) atoms. The first-order valence-electron chi connectivity index (χ1n) is 41.0.